The molecule has 2 aliphatic rings. The van der Waals surface area contributed by atoms with Crippen LogP contribution in [0.25, 0.3) is 0 Å². The molecule has 2 heterocycles. The van der Waals surface area contributed by atoms with Crippen LogP contribution in [0.15, 0.2) is 54.6 Å². The Morgan fingerprint density at radius 1 is 0.926 bits per heavy atom. The number of fused-ring (bicyclic) bond motifs is 1. The number of nitrogens with zero attached hydrogens (tertiary/aromatic N) is 2. The van der Waals surface area contributed by atoms with E-state index in [4.69, 9.17) is 4.74 Å². The molecule has 0 saturated carbocycles. The Kier molecular flexibility index (Phi) is 5.85. The van der Waals surface area contributed by atoms with Gasteiger partial charge in [-0.15, -0.1) is 0 Å². The Hall–Kier alpha value is -2.17. The van der Waals surface area contributed by atoms with Gasteiger partial charge in [0.2, 0.25) is 0 Å². The summed E-state index contributed by atoms with van der Waals surface area (Å²) in [7, 11) is 0. The molecule has 1 amide bonds. The van der Waals surface area contributed by atoms with Crippen LogP contribution in [-0.2, 0) is 17.8 Å². The molecule has 2 aliphatic heterocycles. The molecule has 0 unspecified atom stereocenters. The largest absolute Gasteiger partial charge is 0.378 e. The predicted molar refractivity (Wildman–Crippen MR) is 106 cm³/mol. The molecule has 0 atom stereocenters. The first-order chi connectivity index (χ1) is 13.3. The average Bonchev–Trinajstić information content (AvgIpc) is 3.15. The Balaban J connectivity index is 1.13. The molecule has 0 spiro atoms. The maximum atomic E-state index is 12.5. The van der Waals surface area contributed by atoms with Gasteiger partial charge in [0.1, 0.15) is 0 Å². The first-order valence-electron chi connectivity index (χ1n) is 10.0. The molecule has 4 nitrogen and oxygen atoms in total. The fourth-order valence-electron chi connectivity index (χ4n) is 4.09. The molecule has 1 fully saturated rings. The van der Waals surface area contributed by atoms with Crippen molar-refractivity contribution in [3.63, 3.8) is 0 Å². The third kappa shape index (κ3) is 4.57. The van der Waals surface area contributed by atoms with Crippen LogP contribution < -0.4 is 0 Å². The zero-order valence-corrected chi connectivity index (χ0v) is 15.8. The predicted octanol–water partition coefficient (Wildman–Crippen LogP) is 3.71. The summed E-state index contributed by atoms with van der Waals surface area (Å²) in [4.78, 5) is 16.9. The maximum Gasteiger partial charge on any atom is 0.253 e. The lowest BCUT2D eigenvalue weighted by Gasteiger charge is -2.32. The van der Waals surface area contributed by atoms with Crippen molar-refractivity contribution in [3.8, 4) is 0 Å². The summed E-state index contributed by atoms with van der Waals surface area (Å²) < 4.78 is 6.09. The van der Waals surface area contributed by atoms with E-state index in [1.165, 1.54) is 11.1 Å². The van der Waals surface area contributed by atoms with Crippen molar-refractivity contribution in [3.05, 3.63) is 71.3 Å². The maximum absolute atomic E-state index is 12.5. The topological polar surface area (TPSA) is 32.8 Å². The smallest absolute Gasteiger partial charge is 0.253 e. The van der Waals surface area contributed by atoms with Crippen LogP contribution in [0.2, 0.25) is 0 Å². The van der Waals surface area contributed by atoms with Gasteiger partial charge in [-0.2, -0.15) is 0 Å². The first-order valence-corrected chi connectivity index (χ1v) is 10.0. The second-order valence-corrected chi connectivity index (χ2v) is 7.56. The molecular weight excluding hydrogens is 336 g/mol. The van der Waals surface area contributed by atoms with Crippen LogP contribution in [0.1, 0.15) is 40.7 Å². The number of piperidine rings is 1. The van der Waals surface area contributed by atoms with Crippen molar-refractivity contribution in [2.24, 2.45) is 0 Å². The van der Waals surface area contributed by atoms with E-state index in [0.717, 1.165) is 64.2 Å². The van der Waals surface area contributed by atoms with Gasteiger partial charge in [-0.1, -0.05) is 42.5 Å². The molecule has 27 heavy (non-hydrogen) atoms. The molecule has 2 aromatic rings. The monoisotopic (exact) mass is 364 g/mol. The second kappa shape index (κ2) is 8.68. The minimum atomic E-state index is 0.141. The molecule has 4 heteroatoms. The van der Waals surface area contributed by atoms with Gasteiger partial charge in [-0.05, 0) is 42.5 Å². The van der Waals surface area contributed by atoms with E-state index in [-0.39, 0.29) is 5.91 Å². The fraction of sp³-hybridized carbons (Fsp3) is 0.435. The number of carbonyl (C=O) groups is 1. The standard InChI is InChI=1S/C23H28N2O2/c26-23(19-7-2-1-3-8-19)25-14-11-22(12-15-25)27-16-6-13-24-17-20-9-4-5-10-21(20)18-24/h1-5,7-10,22H,6,11-18H2. The first kappa shape index (κ1) is 18.2. The van der Waals surface area contributed by atoms with E-state index in [9.17, 15) is 4.79 Å². The highest BCUT2D eigenvalue weighted by atomic mass is 16.5. The van der Waals surface area contributed by atoms with Gasteiger partial charge >= 0.3 is 0 Å². The Morgan fingerprint density at radius 2 is 1.56 bits per heavy atom. The second-order valence-electron chi connectivity index (χ2n) is 7.56. The summed E-state index contributed by atoms with van der Waals surface area (Å²) in [6.07, 6.45) is 3.24. The molecule has 1 saturated heterocycles. The van der Waals surface area contributed by atoms with Gasteiger partial charge in [0, 0.05) is 44.9 Å². The van der Waals surface area contributed by atoms with E-state index in [1.54, 1.807) is 0 Å². The normalized spacial score (nSPS) is 17.9. The number of likely N-dealkylation sites (tertiary alicyclic amines) is 1. The summed E-state index contributed by atoms with van der Waals surface area (Å²) in [6, 6.07) is 18.3. The number of benzene rings is 2. The molecular formula is C23H28N2O2. The summed E-state index contributed by atoms with van der Waals surface area (Å²) in [5, 5.41) is 0. The fourth-order valence-corrected chi connectivity index (χ4v) is 4.09. The molecule has 0 radical (unpaired) electrons. The highest BCUT2D eigenvalue weighted by Gasteiger charge is 2.24. The average molecular weight is 364 g/mol. The van der Waals surface area contributed by atoms with Gasteiger partial charge in [0.15, 0.2) is 0 Å². The van der Waals surface area contributed by atoms with E-state index >= 15 is 0 Å². The summed E-state index contributed by atoms with van der Waals surface area (Å²) in [5.74, 6) is 0.141. The Labute approximate surface area is 161 Å². The van der Waals surface area contributed by atoms with Gasteiger partial charge in [-0.3, -0.25) is 9.69 Å². The van der Waals surface area contributed by atoms with Crippen molar-refractivity contribution < 1.29 is 9.53 Å². The van der Waals surface area contributed by atoms with Crippen LogP contribution in [0.3, 0.4) is 0 Å². The quantitative estimate of drug-likeness (QED) is 0.733. The third-order valence-electron chi connectivity index (χ3n) is 5.63. The van der Waals surface area contributed by atoms with Crippen LogP contribution in [0.5, 0.6) is 0 Å². The van der Waals surface area contributed by atoms with E-state index < -0.39 is 0 Å². The van der Waals surface area contributed by atoms with Gasteiger partial charge < -0.3 is 9.64 Å². The Morgan fingerprint density at radius 3 is 2.22 bits per heavy atom. The van der Waals surface area contributed by atoms with Gasteiger partial charge in [0.25, 0.3) is 5.91 Å². The third-order valence-corrected chi connectivity index (χ3v) is 5.63. The van der Waals surface area contributed by atoms with Crippen molar-refractivity contribution in [2.75, 3.05) is 26.2 Å². The molecule has 0 bridgehead atoms. The van der Waals surface area contributed by atoms with Crippen LogP contribution in [0.4, 0.5) is 0 Å². The van der Waals surface area contributed by atoms with Gasteiger partial charge in [0.05, 0.1) is 6.10 Å². The number of ether oxygens (including phenoxy) is 1. The summed E-state index contributed by atoms with van der Waals surface area (Å²) in [5.41, 5.74) is 3.71. The van der Waals surface area contributed by atoms with Crippen molar-refractivity contribution in [1.82, 2.24) is 9.80 Å². The summed E-state index contributed by atoms with van der Waals surface area (Å²) >= 11 is 0. The highest BCUT2D eigenvalue weighted by molar-refractivity contribution is 5.94. The SMILES string of the molecule is O=C(c1ccccc1)N1CCC(OCCCN2Cc3ccccc3C2)CC1. The van der Waals surface area contributed by atoms with Crippen molar-refractivity contribution >= 4 is 5.91 Å². The number of hydrogen-bond acceptors (Lipinski definition) is 3. The number of hydrogen-bond donors (Lipinski definition) is 0. The van der Waals surface area contributed by atoms with Gasteiger partial charge in [-0.25, -0.2) is 0 Å². The number of carbonyl (C=O) groups excluding carboxylic acids is 1. The van der Waals surface area contributed by atoms with Crippen LogP contribution >= 0.6 is 0 Å². The van der Waals surface area contributed by atoms with Crippen LogP contribution in [-0.4, -0.2) is 48.1 Å². The minimum Gasteiger partial charge on any atom is -0.378 e. The van der Waals surface area contributed by atoms with E-state index in [0.29, 0.717) is 6.10 Å². The lowest BCUT2D eigenvalue weighted by molar-refractivity contribution is 0.00526. The Bertz CT molecular complexity index is 729. The number of rotatable bonds is 6. The molecule has 0 aromatic heterocycles. The molecule has 4 rings (SSSR count). The van der Waals surface area contributed by atoms with E-state index in [2.05, 4.69) is 29.2 Å². The zero-order valence-electron chi connectivity index (χ0n) is 15.8. The molecule has 0 N–H and O–H groups in total. The molecule has 142 valence electrons. The van der Waals surface area contributed by atoms with Crippen molar-refractivity contribution in [1.29, 1.82) is 0 Å². The zero-order chi connectivity index (χ0) is 18.5. The number of amides is 1. The molecule has 0 aliphatic carbocycles. The van der Waals surface area contributed by atoms with Crippen LogP contribution in [0, 0.1) is 0 Å². The minimum absolute atomic E-state index is 0.141. The van der Waals surface area contributed by atoms with E-state index in [1.807, 2.05) is 35.2 Å². The van der Waals surface area contributed by atoms with Crippen molar-refractivity contribution in [2.45, 2.75) is 38.5 Å². The highest BCUT2D eigenvalue weighted by Crippen LogP contribution is 2.22. The summed E-state index contributed by atoms with van der Waals surface area (Å²) in [6.45, 7) is 5.61. The molecule has 2 aromatic carbocycles. The lowest BCUT2D eigenvalue weighted by atomic mass is 10.1. The lowest BCUT2D eigenvalue weighted by Crippen LogP contribution is -2.41.